The summed E-state index contributed by atoms with van der Waals surface area (Å²) in [5.74, 6) is 1.03. The minimum atomic E-state index is -0.151. The summed E-state index contributed by atoms with van der Waals surface area (Å²) in [6.45, 7) is 9.70. The van der Waals surface area contributed by atoms with Crippen LogP contribution < -0.4 is 5.32 Å². The standard InChI is InChI=1S/C16H27NOS/c1-5-9-17-16(4,12-18)8-10-19-15-7-6-13(2)11-14(15)3/h6-7,11,17-18H,5,8-10,12H2,1-4H3. The van der Waals surface area contributed by atoms with E-state index in [0.29, 0.717) is 0 Å². The lowest BCUT2D eigenvalue weighted by Crippen LogP contribution is -2.46. The summed E-state index contributed by atoms with van der Waals surface area (Å²) in [4.78, 5) is 1.35. The summed E-state index contributed by atoms with van der Waals surface area (Å²) in [5.41, 5.74) is 2.51. The first-order valence-electron chi connectivity index (χ1n) is 7.06. The molecule has 0 aliphatic rings. The molecular formula is C16H27NOS. The number of aryl methyl sites for hydroxylation is 2. The van der Waals surface area contributed by atoms with Gasteiger partial charge in [-0.2, -0.15) is 0 Å². The smallest absolute Gasteiger partial charge is 0.0610 e. The van der Waals surface area contributed by atoms with Gasteiger partial charge in [0.25, 0.3) is 0 Å². The lowest BCUT2D eigenvalue weighted by molar-refractivity contribution is 0.171. The molecule has 0 aliphatic carbocycles. The van der Waals surface area contributed by atoms with Crippen LogP contribution in [-0.4, -0.2) is 29.5 Å². The molecule has 2 N–H and O–H groups in total. The van der Waals surface area contributed by atoms with Crippen LogP contribution in [0.1, 0.15) is 37.8 Å². The third-order valence-electron chi connectivity index (χ3n) is 3.39. The Labute approximate surface area is 122 Å². The Hall–Kier alpha value is -0.510. The van der Waals surface area contributed by atoms with Crippen molar-refractivity contribution in [1.82, 2.24) is 5.32 Å². The maximum atomic E-state index is 9.53. The summed E-state index contributed by atoms with van der Waals surface area (Å²) in [5, 5.41) is 13.0. The van der Waals surface area contributed by atoms with Gasteiger partial charge in [-0.05, 0) is 57.5 Å². The van der Waals surface area contributed by atoms with Gasteiger partial charge in [-0.3, -0.25) is 0 Å². The lowest BCUT2D eigenvalue weighted by Gasteiger charge is -2.28. The fourth-order valence-corrected chi connectivity index (χ4v) is 3.22. The van der Waals surface area contributed by atoms with Crippen molar-refractivity contribution in [1.29, 1.82) is 0 Å². The van der Waals surface area contributed by atoms with Gasteiger partial charge in [0.2, 0.25) is 0 Å². The predicted molar refractivity (Wildman–Crippen MR) is 85.0 cm³/mol. The molecule has 108 valence electrons. The number of hydrogen-bond acceptors (Lipinski definition) is 3. The molecule has 0 aromatic heterocycles. The van der Waals surface area contributed by atoms with E-state index >= 15 is 0 Å². The van der Waals surface area contributed by atoms with Crippen molar-refractivity contribution in [2.45, 2.75) is 51.0 Å². The molecule has 1 atom stereocenters. The Morgan fingerprint density at radius 2 is 2.05 bits per heavy atom. The molecule has 1 rings (SSSR count). The summed E-state index contributed by atoms with van der Waals surface area (Å²) in [6, 6.07) is 6.59. The minimum Gasteiger partial charge on any atom is -0.394 e. The second kappa shape index (κ2) is 7.93. The van der Waals surface area contributed by atoms with Gasteiger partial charge in [0.1, 0.15) is 0 Å². The number of nitrogens with one attached hydrogen (secondary N) is 1. The maximum absolute atomic E-state index is 9.53. The third kappa shape index (κ3) is 5.55. The van der Waals surface area contributed by atoms with Gasteiger partial charge in [0, 0.05) is 10.4 Å². The summed E-state index contributed by atoms with van der Waals surface area (Å²) < 4.78 is 0. The highest BCUT2D eigenvalue weighted by Gasteiger charge is 2.21. The van der Waals surface area contributed by atoms with E-state index in [1.54, 1.807) is 0 Å². The molecule has 0 saturated heterocycles. The predicted octanol–water partition coefficient (Wildman–Crippen LogP) is 3.54. The quantitative estimate of drug-likeness (QED) is 0.715. The average Bonchev–Trinajstić information content (AvgIpc) is 2.39. The molecule has 0 aliphatic heterocycles. The molecule has 19 heavy (non-hydrogen) atoms. The number of rotatable bonds is 8. The van der Waals surface area contributed by atoms with E-state index in [9.17, 15) is 5.11 Å². The van der Waals surface area contributed by atoms with Crippen LogP contribution in [-0.2, 0) is 0 Å². The van der Waals surface area contributed by atoms with E-state index in [1.807, 2.05) is 11.8 Å². The normalized spacial score (nSPS) is 14.4. The number of benzene rings is 1. The van der Waals surface area contributed by atoms with Crippen molar-refractivity contribution >= 4 is 11.8 Å². The lowest BCUT2D eigenvalue weighted by atomic mass is 10.0. The zero-order chi connectivity index (χ0) is 14.3. The SMILES string of the molecule is CCCNC(C)(CO)CCSc1ccc(C)cc1C. The van der Waals surface area contributed by atoms with Crippen molar-refractivity contribution in [3.63, 3.8) is 0 Å². The van der Waals surface area contributed by atoms with Crippen LogP contribution in [0.4, 0.5) is 0 Å². The van der Waals surface area contributed by atoms with Crippen LogP contribution in [0.2, 0.25) is 0 Å². The van der Waals surface area contributed by atoms with E-state index in [4.69, 9.17) is 0 Å². The molecule has 0 radical (unpaired) electrons. The highest BCUT2D eigenvalue weighted by molar-refractivity contribution is 7.99. The number of aliphatic hydroxyl groups excluding tert-OH is 1. The zero-order valence-corrected chi connectivity index (χ0v) is 13.4. The third-order valence-corrected chi connectivity index (χ3v) is 4.57. The van der Waals surface area contributed by atoms with Gasteiger partial charge in [-0.25, -0.2) is 0 Å². The number of hydrogen-bond donors (Lipinski definition) is 2. The van der Waals surface area contributed by atoms with Crippen LogP contribution in [0.25, 0.3) is 0 Å². The molecular weight excluding hydrogens is 254 g/mol. The summed E-state index contributed by atoms with van der Waals surface area (Å²) >= 11 is 1.88. The molecule has 3 heteroatoms. The molecule has 0 spiro atoms. The number of aliphatic hydroxyl groups is 1. The van der Waals surface area contributed by atoms with Gasteiger partial charge < -0.3 is 10.4 Å². The van der Waals surface area contributed by atoms with Crippen molar-refractivity contribution in [3.8, 4) is 0 Å². The van der Waals surface area contributed by atoms with Crippen molar-refractivity contribution in [3.05, 3.63) is 29.3 Å². The van der Waals surface area contributed by atoms with Crippen LogP contribution in [0.3, 0.4) is 0 Å². The molecule has 0 bridgehead atoms. The molecule has 1 aromatic rings. The largest absolute Gasteiger partial charge is 0.394 e. The van der Waals surface area contributed by atoms with Crippen LogP contribution >= 0.6 is 11.8 Å². The summed E-state index contributed by atoms with van der Waals surface area (Å²) in [7, 11) is 0. The van der Waals surface area contributed by atoms with E-state index in [-0.39, 0.29) is 12.1 Å². The Kier molecular flexibility index (Phi) is 6.90. The second-order valence-corrected chi connectivity index (χ2v) is 6.65. The van der Waals surface area contributed by atoms with E-state index < -0.39 is 0 Å². The van der Waals surface area contributed by atoms with Gasteiger partial charge in [0.05, 0.1) is 6.61 Å². The molecule has 0 heterocycles. The fourth-order valence-electron chi connectivity index (χ4n) is 2.00. The van der Waals surface area contributed by atoms with Crippen molar-refractivity contribution in [2.75, 3.05) is 18.9 Å². The second-order valence-electron chi connectivity index (χ2n) is 5.51. The van der Waals surface area contributed by atoms with Gasteiger partial charge in [-0.1, -0.05) is 24.6 Å². The Bertz CT molecular complexity index is 394. The Morgan fingerprint density at radius 1 is 1.32 bits per heavy atom. The highest BCUT2D eigenvalue weighted by Crippen LogP contribution is 2.25. The first-order chi connectivity index (χ1) is 9.00. The van der Waals surface area contributed by atoms with Gasteiger partial charge in [0.15, 0.2) is 0 Å². The van der Waals surface area contributed by atoms with E-state index in [1.165, 1.54) is 16.0 Å². The van der Waals surface area contributed by atoms with E-state index in [0.717, 1.165) is 25.1 Å². The zero-order valence-electron chi connectivity index (χ0n) is 12.6. The van der Waals surface area contributed by atoms with Crippen LogP contribution in [0, 0.1) is 13.8 Å². The molecule has 1 unspecified atom stereocenters. The van der Waals surface area contributed by atoms with Crippen LogP contribution in [0.5, 0.6) is 0 Å². The minimum absolute atomic E-state index is 0.151. The molecule has 2 nitrogen and oxygen atoms in total. The fraction of sp³-hybridized carbons (Fsp3) is 0.625. The monoisotopic (exact) mass is 281 g/mol. The number of thioether (sulfide) groups is 1. The molecule has 1 aromatic carbocycles. The average molecular weight is 281 g/mol. The van der Waals surface area contributed by atoms with Crippen molar-refractivity contribution in [2.24, 2.45) is 0 Å². The van der Waals surface area contributed by atoms with E-state index in [2.05, 4.69) is 51.2 Å². The molecule has 0 amide bonds. The van der Waals surface area contributed by atoms with Crippen LogP contribution in [0.15, 0.2) is 23.1 Å². The van der Waals surface area contributed by atoms with Gasteiger partial charge in [-0.15, -0.1) is 11.8 Å². The van der Waals surface area contributed by atoms with Crippen molar-refractivity contribution < 1.29 is 5.11 Å². The highest BCUT2D eigenvalue weighted by atomic mass is 32.2. The first-order valence-corrected chi connectivity index (χ1v) is 8.05. The van der Waals surface area contributed by atoms with Gasteiger partial charge >= 0.3 is 0 Å². The summed E-state index contributed by atoms with van der Waals surface area (Å²) in [6.07, 6.45) is 2.07. The topological polar surface area (TPSA) is 32.3 Å². The molecule has 0 fully saturated rings. The maximum Gasteiger partial charge on any atom is 0.0610 e. The first kappa shape index (κ1) is 16.5. The molecule has 0 saturated carbocycles. The Morgan fingerprint density at radius 3 is 2.63 bits per heavy atom. The Balaban J connectivity index is 2.47.